The van der Waals surface area contributed by atoms with Crippen molar-refractivity contribution in [3.8, 4) is 0 Å². The molecule has 2 heteroatoms. The molecule has 0 fully saturated rings. The summed E-state index contributed by atoms with van der Waals surface area (Å²) in [6.45, 7) is 6.00. The summed E-state index contributed by atoms with van der Waals surface area (Å²) in [5.41, 5.74) is 1.09. The predicted octanol–water partition coefficient (Wildman–Crippen LogP) is 2.72. The van der Waals surface area contributed by atoms with Gasteiger partial charge < -0.3 is 5.11 Å². The normalized spacial score (nSPS) is 31.6. The van der Waals surface area contributed by atoms with Gasteiger partial charge in [-0.2, -0.15) is 0 Å². The van der Waals surface area contributed by atoms with Gasteiger partial charge in [-0.15, -0.1) is 11.6 Å². The highest BCUT2D eigenvalue weighted by Gasteiger charge is 2.31. The number of aliphatic hydroxyl groups excluding tert-OH is 1. The van der Waals surface area contributed by atoms with Crippen molar-refractivity contribution in [3.63, 3.8) is 0 Å². The molecule has 0 aliphatic heterocycles. The highest BCUT2D eigenvalue weighted by atomic mass is 35.5. The van der Waals surface area contributed by atoms with Crippen LogP contribution < -0.4 is 0 Å². The number of aliphatic hydroxyl groups is 1. The third-order valence-electron chi connectivity index (χ3n) is 2.73. The topological polar surface area (TPSA) is 20.2 Å². The first-order valence-corrected chi connectivity index (χ1v) is 4.82. The van der Waals surface area contributed by atoms with Crippen molar-refractivity contribution >= 4 is 11.6 Å². The molecule has 0 spiro atoms. The molecule has 0 amide bonds. The summed E-state index contributed by atoms with van der Waals surface area (Å²) in [5.74, 6) is 0.401. The molecule has 12 heavy (non-hydrogen) atoms. The SMILES string of the molecule is CC1=CCC(C(C)(C)Cl)CC1O. The van der Waals surface area contributed by atoms with Crippen molar-refractivity contribution in [2.45, 2.75) is 44.6 Å². The molecule has 0 heterocycles. The van der Waals surface area contributed by atoms with Crippen LogP contribution in [0, 0.1) is 5.92 Å². The first kappa shape index (κ1) is 10.1. The number of halogens is 1. The molecule has 0 aromatic rings. The van der Waals surface area contributed by atoms with Gasteiger partial charge in [0.2, 0.25) is 0 Å². The van der Waals surface area contributed by atoms with E-state index in [1.807, 2.05) is 20.8 Å². The fourth-order valence-electron chi connectivity index (χ4n) is 1.58. The summed E-state index contributed by atoms with van der Waals surface area (Å²) in [5, 5.41) is 9.58. The van der Waals surface area contributed by atoms with Gasteiger partial charge in [0.15, 0.2) is 0 Å². The van der Waals surface area contributed by atoms with Crippen molar-refractivity contribution < 1.29 is 5.11 Å². The Bertz CT molecular complexity index is 191. The van der Waals surface area contributed by atoms with Crippen LogP contribution in [0.15, 0.2) is 11.6 Å². The lowest BCUT2D eigenvalue weighted by molar-refractivity contribution is 0.154. The van der Waals surface area contributed by atoms with Crippen LogP contribution in [0.3, 0.4) is 0 Å². The van der Waals surface area contributed by atoms with E-state index in [9.17, 15) is 5.11 Å². The zero-order valence-electron chi connectivity index (χ0n) is 7.97. The van der Waals surface area contributed by atoms with Crippen molar-refractivity contribution in [3.05, 3.63) is 11.6 Å². The van der Waals surface area contributed by atoms with Gasteiger partial charge in [-0.1, -0.05) is 6.08 Å². The molecule has 1 aliphatic rings. The van der Waals surface area contributed by atoms with Gasteiger partial charge >= 0.3 is 0 Å². The van der Waals surface area contributed by atoms with Gasteiger partial charge in [-0.05, 0) is 45.1 Å². The molecule has 1 aliphatic carbocycles. The van der Waals surface area contributed by atoms with Crippen molar-refractivity contribution in [2.75, 3.05) is 0 Å². The highest BCUT2D eigenvalue weighted by molar-refractivity contribution is 6.23. The molecule has 1 N–H and O–H groups in total. The van der Waals surface area contributed by atoms with Gasteiger partial charge in [0.1, 0.15) is 0 Å². The van der Waals surface area contributed by atoms with Crippen LogP contribution in [-0.4, -0.2) is 16.1 Å². The summed E-state index contributed by atoms with van der Waals surface area (Å²) in [4.78, 5) is -0.196. The number of hydrogen-bond acceptors (Lipinski definition) is 1. The van der Waals surface area contributed by atoms with Crippen LogP contribution in [0.25, 0.3) is 0 Å². The summed E-state index contributed by atoms with van der Waals surface area (Å²) in [6.07, 6.45) is 3.63. The van der Waals surface area contributed by atoms with E-state index in [2.05, 4.69) is 6.08 Å². The van der Waals surface area contributed by atoms with E-state index in [1.165, 1.54) is 0 Å². The lowest BCUT2D eigenvalue weighted by Crippen LogP contribution is -2.31. The minimum atomic E-state index is -0.276. The number of rotatable bonds is 1. The smallest absolute Gasteiger partial charge is 0.0750 e. The quantitative estimate of drug-likeness (QED) is 0.496. The molecule has 1 rings (SSSR count). The van der Waals surface area contributed by atoms with Gasteiger partial charge in [0.25, 0.3) is 0 Å². The molecule has 0 aromatic carbocycles. The van der Waals surface area contributed by atoms with E-state index in [-0.39, 0.29) is 11.0 Å². The van der Waals surface area contributed by atoms with Crippen LogP contribution in [0.1, 0.15) is 33.6 Å². The molecule has 70 valence electrons. The van der Waals surface area contributed by atoms with E-state index in [0.717, 1.165) is 18.4 Å². The fraction of sp³-hybridized carbons (Fsp3) is 0.800. The molecule has 2 unspecified atom stereocenters. The fourth-order valence-corrected chi connectivity index (χ4v) is 1.75. The highest BCUT2D eigenvalue weighted by Crippen LogP contribution is 2.35. The Kier molecular flexibility index (Phi) is 2.84. The molecular weight excluding hydrogens is 172 g/mol. The van der Waals surface area contributed by atoms with E-state index in [1.54, 1.807) is 0 Å². The van der Waals surface area contributed by atoms with Crippen molar-refractivity contribution in [1.82, 2.24) is 0 Å². The van der Waals surface area contributed by atoms with Gasteiger partial charge in [0.05, 0.1) is 6.10 Å². The second kappa shape index (κ2) is 3.39. The van der Waals surface area contributed by atoms with Gasteiger partial charge in [-0.25, -0.2) is 0 Å². The Morgan fingerprint density at radius 1 is 1.58 bits per heavy atom. The molecule has 0 radical (unpaired) electrons. The predicted molar refractivity (Wildman–Crippen MR) is 52.4 cm³/mol. The molecule has 0 saturated carbocycles. The van der Waals surface area contributed by atoms with Crippen LogP contribution in [0.5, 0.6) is 0 Å². The van der Waals surface area contributed by atoms with Gasteiger partial charge in [-0.3, -0.25) is 0 Å². The average Bonchev–Trinajstić information content (AvgIpc) is 1.92. The summed E-state index contributed by atoms with van der Waals surface area (Å²) in [7, 11) is 0. The Labute approximate surface area is 79.4 Å². The first-order valence-electron chi connectivity index (χ1n) is 4.45. The molecular formula is C10H17ClO. The lowest BCUT2D eigenvalue weighted by Gasteiger charge is -2.33. The Morgan fingerprint density at radius 2 is 2.17 bits per heavy atom. The zero-order chi connectivity index (χ0) is 9.35. The van der Waals surface area contributed by atoms with E-state index in [0.29, 0.717) is 5.92 Å². The zero-order valence-corrected chi connectivity index (χ0v) is 8.73. The standard InChI is InChI=1S/C10H17ClO/c1-7-4-5-8(6-9(7)12)10(2,3)11/h4,8-9,12H,5-6H2,1-3H3. The van der Waals surface area contributed by atoms with Crippen molar-refractivity contribution in [2.24, 2.45) is 5.92 Å². The Hall–Kier alpha value is -0.0100. The van der Waals surface area contributed by atoms with E-state index < -0.39 is 0 Å². The lowest BCUT2D eigenvalue weighted by atomic mass is 9.81. The molecule has 0 saturated heterocycles. The molecule has 0 bridgehead atoms. The number of allylic oxidation sites excluding steroid dienone is 1. The number of hydrogen-bond donors (Lipinski definition) is 1. The maximum atomic E-state index is 9.58. The minimum absolute atomic E-state index is 0.196. The van der Waals surface area contributed by atoms with E-state index >= 15 is 0 Å². The maximum Gasteiger partial charge on any atom is 0.0750 e. The average molecular weight is 189 g/mol. The van der Waals surface area contributed by atoms with E-state index in [4.69, 9.17) is 11.6 Å². The third kappa shape index (κ3) is 2.24. The van der Waals surface area contributed by atoms with Gasteiger partial charge in [0, 0.05) is 4.87 Å². The number of alkyl halides is 1. The molecule has 1 nitrogen and oxygen atoms in total. The minimum Gasteiger partial charge on any atom is -0.389 e. The van der Waals surface area contributed by atoms with Crippen LogP contribution in [0.2, 0.25) is 0 Å². The first-order chi connectivity index (χ1) is 5.41. The summed E-state index contributed by atoms with van der Waals surface area (Å²) in [6, 6.07) is 0. The Morgan fingerprint density at radius 3 is 2.58 bits per heavy atom. The summed E-state index contributed by atoms with van der Waals surface area (Å²) >= 11 is 6.18. The van der Waals surface area contributed by atoms with Crippen LogP contribution in [0.4, 0.5) is 0 Å². The second-order valence-electron chi connectivity index (χ2n) is 4.20. The summed E-state index contributed by atoms with van der Waals surface area (Å²) < 4.78 is 0. The monoisotopic (exact) mass is 188 g/mol. The molecule has 0 aromatic heterocycles. The van der Waals surface area contributed by atoms with Crippen LogP contribution >= 0.6 is 11.6 Å². The third-order valence-corrected chi connectivity index (χ3v) is 3.04. The largest absolute Gasteiger partial charge is 0.389 e. The maximum absolute atomic E-state index is 9.58. The van der Waals surface area contributed by atoms with Crippen molar-refractivity contribution in [1.29, 1.82) is 0 Å². The molecule has 2 atom stereocenters. The Balaban J connectivity index is 2.65. The second-order valence-corrected chi connectivity index (χ2v) is 5.17. The van der Waals surface area contributed by atoms with Crippen LogP contribution in [-0.2, 0) is 0 Å².